The lowest BCUT2D eigenvalue weighted by Crippen LogP contribution is -2.13. The van der Waals surface area contributed by atoms with E-state index in [-0.39, 0.29) is 5.91 Å². The number of anilines is 1. The Morgan fingerprint density at radius 3 is 2.13 bits per heavy atom. The van der Waals surface area contributed by atoms with Gasteiger partial charge in [-0.25, -0.2) is 4.98 Å². The maximum atomic E-state index is 13.3. The van der Waals surface area contributed by atoms with Gasteiger partial charge in [0, 0.05) is 16.0 Å². The summed E-state index contributed by atoms with van der Waals surface area (Å²) < 4.78 is 0. The van der Waals surface area contributed by atoms with Crippen LogP contribution in [0, 0.1) is 0 Å². The molecule has 1 heterocycles. The lowest BCUT2D eigenvalue weighted by Gasteiger charge is -2.08. The van der Waals surface area contributed by atoms with Gasteiger partial charge in [0.1, 0.15) is 0 Å². The SMILES string of the molecule is CCc1sc(NC(=O)C(=Cc2ccccc2)c2ccccc2)nc1-c1ccccc1. The van der Waals surface area contributed by atoms with Gasteiger partial charge in [-0.15, -0.1) is 11.3 Å². The summed E-state index contributed by atoms with van der Waals surface area (Å²) in [6.45, 7) is 2.11. The van der Waals surface area contributed by atoms with Crippen molar-refractivity contribution in [3.05, 3.63) is 107 Å². The topological polar surface area (TPSA) is 42.0 Å². The zero-order chi connectivity index (χ0) is 20.8. The van der Waals surface area contributed by atoms with Gasteiger partial charge in [0.25, 0.3) is 5.91 Å². The molecule has 0 radical (unpaired) electrons. The van der Waals surface area contributed by atoms with E-state index < -0.39 is 0 Å². The van der Waals surface area contributed by atoms with Gasteiger partial charge >= 0.3 is 0 Å². The summed E-state index contributed by atoms with van der Waals surface area (Å²) in [4.78, 5) is 19.1. The van der Waals surface area contributed by atoms with Crippen LogP contribution >= 0.6 is 11.3 Å². The quantitative estimate of drug-likeness (QED) is 0.289. The van der Waals surface area contributed by atoms with Crippen LogP contribution in [-0.2, 0) is 11.2 Å². The molecule has 0 unspecified atom stereocenters. The molecular weight excluding hydrogens is 388 g/mol. The summed E-state index contributed by atoms with van der Waals surface area (Å²) >= 11 is 1.53. The minimum Gasteiger partial charge on any atom is -0.298 e. The van der Waals surface area contributed by atoms with E-state index in [0.29, 0.717) is 10.7 Å². The summed E-state index contributed by atoms with van der Waals surface area (Å²) in [5.41, 5.74) is 4.46. The Balaban J connectivity index is 1.67. The molecule has 3 aromatic carbocycles. The van der Waals surface area contributed by atoms with Crippen LogP contribution in [0.1, 0.15) is 22.9 Å². The first-order valence-corrected chi connectivity index (χ1v) is 10.7. The largest absolute Gasteiger partial charge is 0.298 e. The number of benzene rings is 3. The molecule has 0 aliphatic carbocycles. The Morgan fingerprint density at radius 1 is 0.900 bits per heavy atom. The van der Waals surface area contributed by atoms with E-state index in [4.69, 9.17) is 4.98 Å². The fourth-order valence-electron chi connectivity index (χ4n) is 3.24. The Kier molecular flexibility index (Phi) is 6.16. The number of thiazole rings is 1. The smallest absolute Gasteiger partial charge is 0.258 e. The highest BCUT2D eigenvalue weighted by Crippen LogP contribution is 2.32. The third kappa shape index (κ3) is 4.56. The molecular formula is C26H22N2OS. The number of nitrogens with zero attached hydrogens (tertiary/aromatic N) is 1. The molecule has 0 fully saturated rings. The van der Waals surface area contributed by atoms with Crippen molar-refractivity contribution in [3.8, 4) is 11.3 Å². The van der Waals surface area contributed by atoms with Gasteiger partial charge in [-0.2, -0.15) is 0 Å². The third-order valence-corrected chi connectivity index (χ3v) is 5.84. The number of nitrogens with one attached hydrogen (secondary N) is 1. The number of carbonyl (C=O) groups excluding carboxylic acids is 1. The first kappa shape index (κ1) is 19.8. The molecule has 0 aliphatic heterocycles. The molecule has 1 aromatic heterocycles. The Morgan fingerprint density at radius 2 is 1.50 bits per heavy atom. The van der Waals surface area contributed by atoms with Gasteiger partial charge in [-0.1, -0.05) is 97.9 Å². The van der Waals surface area contributed by atoms with Gasteiger partial charge in [0.05, 0.1) is 5.69 Å². The summed E-state index contributed by atoms with van der Waals surface area (Å²) in [5.74, 6) is -0.166. The van der Waals surface area contributed by atoms with Crippen molar-refractivity contribution >= 4 is 34.0 Å². The monoisotopic (exact) mass is 410 g/mol. The Hall–Kier alpha value is -3.50. The zero-order valence-corrected chi connectivity index (χ0v) is 17.5. The van der Waals surface area contributed by atoms with E-state index in [1.165, 1.54) is 11.3 Å². The highest BCUT2D eigenvalue weighted by molar-refractivity contribution is 7.16. The number of amides is 1. The van der Waals surface area contributed by atoms with E-state index in [1.54, 1.807) is 0 Å². The molecule has 4 rings (SSSR count). The predicted octanol–water partition coefficient (Wildman–Crippen LogP) is 6.55. The van der Waals surface area contributed by atoms with E-state index in [1.807, 2.05) is 97.1 Å². The zero-order valence-electron chi connectivity index (χ0n) is 16.7. The van der Waals surface area contributed by atoms with Crippen LogP contribution in [0.3, 0.4) is 0 Å². The van der Waals surface area contributed by atoms with Crippen LogP contribution < -0.4 is 5.32 Å². The van der Waals surface area contributed by atoms with E-state index in [9.17, 15) is 4.79 Å². The highest BCUT2D eigenvalue weighted by atomic mass is 32.1. The number of rotatable bonds is 6. The highest BCUT2D eigenvalue weighted by Gasteiger charge is 2.17. The molecule has 3 nitrogen and oxygen atoms in total. The van der Waals surface area contributed by atoms with Crippen LogP contribution in [0.2, 0.25) is 0 Å². The number of hydrogen-bond acceptors (Lipinski definition) is 3. The van der Waals surface area contributed by atoms with Crippen LogP contribution in [0.25, 0.3) is 22.9 Å². The van der Waals surface area contributed by atoms with Crippen LogP contribution in [0.4, 0.5) is 5.13 Å². The van der Waals surface area contributed by atoms with Crippen molar-refractivity contribution in [1.82, 2.24) is 4.98 Å². The van der Waals surface area contributed by atoms with Crippen molar-refractivity contribution in [3.63, 3.8) is 0 Å². The third-order valence-electron chi connectivity index (χ3n) is 4.73. The number of aromatic nitrogens is 1. The standard InChI is InChI=1S/C26H22N2OS/c1-2-23-24(21-16-10-5-11-17-21)27-26(30-23)28-25(29)22(20-14-8-4-9-15-20)18-19-12-6-3-7-13-19/h3-18H,2H2,1H3,(H,27,28,29). The van der Waals surface area contributed by atoms with Crippen molar-refractivity contribution in [2.45, 2.75) is 13.3 Å². The second-order valence-electron chi connectivity index (χ2n) is 6.80. The van der Waals surface area contributed by atoms with Crippen LogP contribution in [0.5, 0.6) is 0 Å². The first-order chi connectivity index (χ1) is 14.7. The van der Waals surface area contributed by atoms with Crippen LogP contribution in [-0.4, -0.2) is 10.9 Å². The molecule has 1 N–H and O–H groups in total. The first-order valence-electron chi connectivity index (χ1n) is 9.93. The van der Waals surface area contributed by atoms with Gasteiger partial charge < -0.3 is 0 Å². The minimum absolute atomic E-state index is 0.166. The predicted molar refractivity (Wildman–Crippen MR) is 126 cm³/mol. The number of hydrogen-bond donors (Lipinski definition) is 1. The Labute approximate surface area is 180 Å². The molecule has 4 heteroatoms. The normalized spacial score (nSPS) is 11.3. The molecule has 30 heavy (non-hydrogen) atoms. The second-order valence-corrected chi connectivity index (χ2v) is 7.88. The number of aryl methyl sites for hydroxylation is 1. The molecule has 0 atom stereocenters. The van der Waals surface area contributed by atoms with Gasteiger partial charge in [0.2, 0.25) is 0 Å². The lowest BCUT2D eigenvalue weighted by molar-refractivity contribution is -0.111. The van der Waals surface area contributed by atoms with Crippen molar-refractivity contribution < 1.29 is 4.79 Å². The van der Waals surface area contributed by atoms with E-state index in [0.717, 1.165) is 33.7 Å². The Bertz CT molecular complexity index is 1150. The molecule has 4 aromatic rings. The molecule has 0 saturated heterocycles. The summed E-state index contributed by atoms with van der Waals surface area (Å²) in [6, 6.07) is 29.7. The summed E-state index contributed by atoms with van der Waals surface area (Å²) in [7, 11) is 0. The van der Waals surface area contributed by atoms with Gasteiger partial charge in [-0.05, 0) is 23.6 Å². The maximum Gasteiger partial charge on any atom is 0.258 e. The molecule has 1 amide bonds. The van der Waals surface area contributed by atoms with E-state index >= 15 is 0 Å². The van der Waals surface area contributed by atoms with E-state index in [2.05, 4.69) is 12.2 Å². The second kappa shape index (κ2) is 9.33. The summed E-state index contributed by atoms with van der Waals surface area (Å²) in [6.07, 6.45) is 2.78. The average Bonchev–Trinajstić information content (AvgIpc) is 3.22. The lowest BCUT2D eigenvalue weighted by atomic mass is 10.0. The molecule has 0 aliphatic rings. The summed E-state index contributed by atoms with van der Waals surface area (Å²) in [5, 5.41) is 3.64. The van der Waals surface area contributed by atoms with Gasteiger partial charge in [-0.3, -0.25) is 10.1 Å². The van der Waals surface area contributed by atoms with Crippen molar-refractivity contribution in [2.24, 2.45) is 0 Å². The van der Waals surface area contributed by atoms with Crippen molar-refractivity contribution in [2.75, 3.05) is 5.32 Å². The van der Waals surface area contributed by atoms with Crippen molar-refractivity contribution in [1.29, 1.82) is 0 Å². The maximum absolute atomic E-state index is 13.3. The molecule has 0 bridgehead atoms. The average molecular weight is 411 g/mol. The molecule has 0 saturated carbocycles. The fraction of sp³-hybridized carbons (Fsp3) is 0.0769. The fourth-order valence-corrected chi connectivity index (χ4v) is 4.16. The molecule has 0 spiro atoms. The van der Waals surface area contributed by atoms with Crippen LogP contribution in [0.15, 0.2) is 91.0 Å². The van der Waals surface area contributed by atoms with Gasteiger partial charge in [0.15, 0.2) is 5.13 Å². The minimum atomic E-state index is -0.166. The number of carbonyl (C=O) groups is 1. The molecule has 148 valence electrons.